The van der Waals surface area contributed by atoms with Gasteiger partial charge in [-0.05, 0) is 40.8 Å². The van der Waals surface area contributed by atoms with E-state index in [0.29, 0.717) is 11.6 Å². The van der Waals surface area contributed by atoms with Crippen molar-refractivity contribution in [2.45, 2.75) is 37.6 Å². The molecular weight excluding hydrogens is 330 g/mol. The molecule has 0 N–H and O–H groups in total. The van der Waals surface area contributed by atoms with Gasteiger partial charge in [0.15, 0.2) is 0 Å². The molecule has 0 unspecified atom stereocenters. The second-order valence-corrected chi connectivity index (χ2v) is 9.14. The van der Waals surface area contributed by atoms with Crippen molar-refractivity contribution in [1.29, 1.82) is 0 Å². The molecule has 5 heteroatoms. The molecule has 2 rings (SSSR count). The maximum Gasteiger partial charge on any atom is 0.243 e. The second-order valence-electron chi connectivity index (χ2n) is 6.66. The van der Waals surface area contributed by atoms with Gasteiger partial charge in [0.25, 0.3) is 0 Å². The lowest BCUT2D eigenvalue weighted by molar-refractivity contribution is 0.466. The molecule has 2 aromatic carbocycles. The number of halogens is 1. The normalized spacial score (nSPS) is 12.6. The van der Waals surface area contributed by atoms with Gasteiger partial charge in [0.1, 0.15) is 0 Å². The lowest BCUT2D eigenvalue weighted by atomic mass is 9.87. The largest absolute Gasteiger partial charge is 0.243 e. The minimum atomic E-state index is -3.52. The molecule has 0 atom stereocenters. The van der Waals surface area contributed by atoms with Crippen molar-refractivity contribution >= 4 is 21.6 Å². The SMILES string of the molecule is CN(Cc1ccc(C(C)(C)C)cc1)S(=O)(=O)c1ccc(Cl)cc1. The van der Waals surface area contributed by atoms with Gasteiger partial charge in [0.2, 0.25) is 10.0 Å². The highest BCUT2D eigenvalue weighted by Crippen LogP contribution is 2.23. The fourth-order valence-corrected chi connectivity index (χ4v) is 3.52. The second kappa shape index (κ2) is 6.63. The molecule has 0 aliphatic rings. The predicted octanol–water partition coefficient (Wildman–Crippen LogP) is 4.46. The van der Waals surface area contributed by atoms with Gasteiger partial charge in [0.05, 0.1) is 4.90 Å². The van der Waals surface area contributed by atoms with Crippen LogP contribution in [0.25, 0.3) is 0 Å². The number of benzene rings is 2. The Morgan fingerprint density at radius 2 is 1.48 bits per heavy atom. The van der Waals surface area contributed by atoms with E-state index in [4.69, 9.17) is 11.6 Å². The summed E-state index contributed by atoms with van der Waals surface area (Å²) in [5.74, 6) is 0. The Kier molecular flexibility index (Phi) is 5.19. The number of hydrogen-bond donors (Lipinski definition) is 0. The van der Waals surface area contributed by atoms with Gasteiger partial charge in [-0.1, -0.05) is 56.6 Å². The molecule has 124 valence electrons. The third-order valence-electron chi connectivity index (χ3n) is 3.75. The van der Waals surface area contributed by atoms with Gasteiger partial charge in [0, 0.05) is 18.6 Å². The van der Waals surface area contributed by atoms with E-state index in [2.05, 4.69) is 32.9 Å². The Morgan fingerprint density at radius 1 is 0.957 bits per heavy atom. The highest BCUT2D eigenvalue weighted by molar-refractivity contribution is 7.89. The fourth-order valence-electron chi connectivity index (χ4n) is 2.24. The standard InChI is InChI=1S/C18H22ClNO2S/c1-18(2,3)15-7-5-14(6-8-15)13-20(4)23(21,22)17-11-9-16(19)10-12-17/h5-12H,13H2,1-4H3. The molecule has 0 heterocycles. The Morgan fingerprint density at radius 3 is 1.96 bits per heavy atom. The summed E-state index contributed by atoms with van der Waals surface area (Å²) in [4.78, 5) is 0.246. The van der Waals surface area contributed by atoms with Crippen molar-refractivity contribution in [2.24, 2.45) is 0 Å². The molecule has 0 aromatic heterocycles. The summed E-state index contributed by atoms with van der Waals surface area (Å²) in [6.07, 6.45) is 0. The summed E-state index contributed by atoms with van der Waals surface area (Å²) >= 11 is 5.81. The van der Waals surface area contributed by atoms with Crippen LogP contribution in [-0.2, 0) is 22.0 Å². The van der Waals surface area contributed by atoms with Crippen molar-refractivity contribution in [3.63, 3.8) is 0 Å². The molecule has 0 amide bonds. The molecule has 0 saturated heterocycles. The van der Waals surface area contributed by atoms with Gasteiger partial charge < -0.3 is 0 Å². The Bertz CT molecular complexity index is 760. The number of nitrogens with zero attached hydrogens (tertiary/aromatic N) is 1. The van der Waals surface area contributed by atoms with E-state index < -0.39 is 10.0 Å². The van der Waals surface area contributed by atoms with Crippen LogP contribution in [0.2, 0.25) is 5.02 Å². The molecule has 0 bridgehead atoms. The van der Waals surface area contributed by atoms with Crippen LogP contribution in [0.5, 0.6) is 0 Å². The maximum absolute atomic E-state index is 12.6. The van der Waals surface area contributed by atoms with Crippen LogP contribution in [0.3, 0.4) is 0 Å². The first-order chi connectivity index (χ1) is 10.6. The van der Waals surface area contributed by atoms with Crippen LogP contribution in [0, 0.1) is 0 Å². The fraction of sp³-hybridized carbons (Fsp3) is 0.333. The van der Waals surface area contributed by atoms with E-state index in [1.54, 1.807) is 19.2 Å². The first kappa shape index (κ1) is 18.0. The zero-order chi connectivity index (χ0) is 17.3. The third kappa shape index (κ3) is 4.34. The molecular formula is C18H22ClNO2S. The van der Waals surface area contributed by atoms with E-state index in [-0.39, 0.29) is 10.3 Å². The van der Waals surface area contributed by atoms with Crippen LogP contribution in [-0.4, -0.2) is 19.8 Å². The van der Waals surface area contributed by atoms with Crippen LogP contribution in [0.15, 0.2) is 53.4 Å². The van der Waals surface area contributed by atoms with E-state index in [1.165, 1.54) is 22.0 Å². The smallest absolute Gasteiger partial charge is 0.207 e. The first-order valence-corrected chi connectivity index (χ1v) is 9.24. The highest BCUT2D eigenvalue weighted by Gasteiger charge is 2.21. The molecule has 0 fully saturated rings. The molecule has 3 nitrogen and oxygen atoms in total. The minimum Gasteiger partial charge on any atom is -0.207 e. The average molecular weight is 352 g/mol. The van der Waals surface area contributed by atoms with E-state index in [1.807, 2.05) is 12.1 Å². The maximum atomic E-state index is 12.6. The molecule has 0 aliphatic carbocycles. The first-order valence-electron chi connectivity index (χ1n) is 7.42. The van der Waals surface area contributed by atoms with Crippen LogP contribution >= 0.6 is 11.6 Å². The number of rotatable bonds is 4. The lowest BCUT2D eigenvalue weighted by Crippen LogP contribution is -2.26. The van der Waals surface area contributed by atoms with Gasteiger partial charge in [-0.2, -0.15) is 4.31 Å². The van der Waals surface area contributed by atoms with Crippen molar-refractivity contribution in [3.8, 4) is 0 Å². The van der Waals surface area contributed by atoms with Crippen LogP contribution < -0.4 is 0 Å². The topological polar surface area (TPSA) is 37.4 Å². The Labute approximate surface area is 144 Å². The van der Waals surface area contributed by atoms with Crippen LogP contribution in [0.4, 0.5) is 0 Å². The average Bonchev–Trinajstić information content (AvgIpc) is 2.47. The monoisotopic (exact) mass is 351 g/mol. The zero-order valence-corrected chi connectivity index (χ0v) is 15.4. The summed E-state index contributed by atoms with van der Waals surface area (Å²) in [6, 6.07) is 14.3. The van der Waals surface area contributed by atoms with Crippen molar-refractivity contribution in [1.82, 2.24) is 4.31 Å². The van der Waals surface area contributed by atoms with E-state index in [9.17, 15) is 8.42 Å². The van der Waals surface area contributed by atoms with Crippen molar-refractivity contribution < 1.29 is 8.42 Å². The summed E-state index contributed by atoms with van der Waals surface area (Å²) in [5.41, 5.74) is 2.27. The summed E-state index contributed by atoms with van der Waals surface area (Å²) in [7, 11) is -1.93. The number of hydrogen-bond acceptors (Lipinski definition) is 2. The van der Waals surface area contributed by atoms with Gasteiger partial charge in [-0.25, -0.2) is 8.42 Å². The zero-order valence-electron chi connectivity index (χ0n) is 13.9. The minimum absolute atomic E-state index is 0.0831. The number of sulfonamides is 1. The van der Waals surface area contributed by atoms with Gasteiger partial charge in [-0.3, -0.25) is 0 Å². The Balaban J connectivity index is 2.18. The predicted molar refractivity (Wildman–Crippen MR) is 95.2 cm³/mol. The molecule has 0 aliphatic heterocycles. The van der Waals surface area contributed by atoms with E-state index >= 15 is 0 Å². The molecule has 23 heavy (non-hydrogen) atoms. The van der Waals surface area contributed by atoms with E-state index in [0.717, 1.165) is 5.56 Å². The molecule has 2 aromatic rings. The molecule has 0 spiro atoms. The third-order valence-corrected chi connectivity index (χ3v) is 5.82. The Hall–Kier alpha value is -1.36. The highest BCUT2D eigenvalue weighted by atomic mass is 35.5. The summed E-state index contributed by atoms with van der Waals surface area (Å²) in [6.45, 7) is 6.78. The van der Waals surface area contributed by atoms with Gasteiger partial charge in [-0.15, -0.1) is 0 Å². The molecule has 0 radical (unpaired) electrons. The quantitative estimate of drug-likeness (QED) is 0.815. The summed E-state index contributed by atoms with van der Waals surface area (Å²) in [5, 5.41) is 0.518. The van der Waals surface area contributed by atoms with Crippen molar-refractivity contribution in [3.05, 3.63) is 64.7 Å². The summed E-state index contributed by atoms with van der Waals surface area (Å²) < 4.78 is 26.5. The molecule has 0 saturated carbocycles. The van der Waals surface area contributed by atoms with Crippen LogP contribution in [0.1, 0.15) is 31.9 Å². The van der Waals surface area contributed by atoms with Gasteiger partial charge >= 0.3 is 0 Å². The van der Waals surface area contributed by atoms with Crippen molar-refractivity contribution in [2.75, 3.05) is 7.05 Å². The lowest BCUT2D eigenvalue weighted by Gasteiger charge is -2.21.